The summed E-state index contributed by atoms with van der Waals surface area (Å²) in [4.78, 5) is 11.3. The summed E-state index contributed by atoms with van der Waals surface area (Å²) in [6, 6.07) is 7.42. The van der Waals surface area contributed by atoms with E-state index in [1.54, 1.807) is 11.6 Å². The Morgan fingerprint density at radius 1 is 1.47 bits per heavy atom. The number of amides is 1. The van der Waals surface area contributed by atoms with Gasteiger partial charge >= 0.3 is 0 Å². The molecule has 0 saturated carbocycles. The summed E-state index contributed by atoms with van der Waals surface area (Å²) in [5.41, 5.74) is 6.48. The number of nitrogens with zero attached hydrogens (tertiary/aromatic N) is 2. The molecule has 2 aromatic rings. The number of primary amides is 1. The second-order valence-corrected chi connectivity index (χ2v) is 3.74. The highest BCUT2D eigenvalue weighted by molar-refractivity contribution is 6.04. The van der Waals surface area contributed by atoms with Crippen LogP contribution in [0.2, 0.25) is 0 Å². The van der Waals surface area contributed by atoms with Gasteiger partial charge in [0.05, 0.1) is 5.52 Å². The van der Waals surface area contributed by atoms with Crippen molar-refractivity contribution in [2.75, 3.05) is 0 Å². The van der Waals surface area contributed by atoms with Crippen molar-refractivity contribution in [1.82, 2.24) is 9.78 Å². The highest BCUT2D eigenvalue weighted by Crippen LogP contribution is 2.21. The zero-order chi connectivity index (χ0) is 12.4. The van der Waals surface area contributed by atoms with Gasteiger partial charge in [-0.15, -0.1) is 5.92 Å². The number of aromatic nitrogens is 2. The van der Waals surface area contributed by atoms with Crippen LogP contribution in [0, 0.1) is 11.8 Å². The Bertz CT molecular complexity index is 631. The lowest BCUT2D eigenvalue weighted by molar-refractivity contribution is 0.0996. The van der Waals surface area contributed by atoms with Crippen molar-refractivity contribution >= 4 is 16.8 Å². The van der Waals surface area contributed by atoms with Gasteiger partial charge in [0, 0.05) is 5.39 Å². The topological polar surface area (TPSA) is 60.9 Å². The Balaban J connectivity index is 2.71. The van der Waals surface area contributed by atoms with Crippen molar-refractivity contribution in [3.05, 3.63) is 30.0 Å². The molecule has 0 fully saturated rings. The predicted octanol–water partition coefficient (Wildman–Crippen LogP) is 1.72. The molecule has 1 amide bonds. The molecule has 1 aromatic heterocycles. The first kappa shape index (κ1) is 11.2. The molecule has 2 N–H and O–H groups in total. The van der Waals surface area contributed by atoms with Gasteiger partial charge in [-0.2, -0.15) is 5.10 Å². The minimum atomic E-state index is -0.517. The molecule has 1 atom stereocenters. The first-order chi connectivity index (χ1) is 8.15. The van der Waals surface area contributed by atoms with E-state index in [1.165, 1.54) is 0 Å². The van der Waals surface area contributed by atoms with Gasteiger partial charge < -0.3 is 5.73 Å². The summed E-state index contributed by atoms with van der Waals surface area (Å²) < 4.78 is 1.73. The second-order valence-electron chi connectivity index (χ2n) is 3.74. The highest BCUT2D eigenvalue weighted by atomic mass is 16.1. The van der Waals surface area contributed by atoms with Crippen LogP contribution in [-0.4, -0.2) is 15.7 Å². The molecule has 0 spiro atoms. The first-order valence-corrected chi connectivity index (χ1v) is 5.34. The smallest absolute Gasteiger partial charge is 0.269 e. The van der Waals surface area contributed by atoms with Crippen molar-refractivity contribution in [1.29, 1.82) is 0 Å². The lowest BCUT2D eigenvalue weighted by Gasteiger charge is -2.05. The second kappa shape index (κ2) is 4.30. The van der Waals surface area contributed by atoms with Crippen LogP contribution in [0.3, 0.4) is 0 Å². The Kier molecular flexibility index (Phi) is 2.84. The number of benzene rings is 1. The van der Waals surface area contributed by atoms with Gasteiger partial charge in [0.25, 0.3) is 5.91 Å². The molecule has 86 valence electrons. The van der Waals surface area contributed by atoms with Crippen molar-refractivity contribution in [3.63, 3.8) is 0 Å². The van der Waals surface area contributed by atoms with Crippen LogP contribution < -0.4 is 5.73 Å². The Labute approximate surface area is 99.4 Å². The number of hydrogen-bond donors (Lipinski definition) is 1. The van der Waals surface area contributed by atoms with Gasteiger partial charge in [-0.3, -0.25) is 4.79 Å². The number of carbonyl (C=O) groups is 1. The van der Waals surface area contributed by atoms with Crippen LogP contribution >= 0.6 is 0 Å². The molecule has 0 saturated heterocycles. The Morgan fingerprint density at radius 2 is 2.18 bits per heavy atom. The van der Waals surface area contributed by atoms with Gasteiger partial charge in [-0.05, 0) is 19.9 Å². The molecule has 0 aliphatic carbocycles. The van der Waals surface area contributed by atoms with Gasteiger partial charge in [-0.1, -0.05) is 24.1 Å². The Hall–Kier alpha value is -2.28. The highest BCUT2D eigenvalue weighted by Gasteiger charge is 2.16. The molecule has 0 radical (unpaired) electrons. The van der Waals surface area contributed by atoms with E-state index in [4.69, 9.17) is 5.73 Å². The minimum absolute atomic E-state index is 0.0852. The third-order valence-electron chi connectivity index (χ3n) is 2.57. The molecule has 4 nitrogen and oxygen atoms in total. The lowest BCUT2D eigenvalue weighted by atomic mass is 10.2. The zero-order valence-electron chi connectivity index (χ0n) is 9.77. The van der Waals surface area contributed by atoms with Gasteiger partial charge in [0.1, 0.15) is 6.04 Å². The largest absolute Gasteiger partial charge is 0.364 e. The molecule has 1 heterocycles. The third kappa shape index (κ3) is 1.87. The standard InChI is InChI=1S/C13H13N3O/c1-3-6-9(2)16-11-8-5-4-7-10(11)12(15-16)13(14)17/h4-5,7-9H,1-2H3,(H2,14,17). The molecule has 17 heavy (non-hydrogen) atoms. The van der Waals surface area contributed by atoms with Gasteiger partial charge in [0.15, 0.2) is 5.69 Å². The summed E-state index contributed by atoms with van der Waals surface area (Å²) >= 11 is 0. The monoisotopic (exact) mass is 227 g/mol. The number of fused-ring (bicyclic) bond motifs is 1. The fraction of sp³-hybridized carbons (Fsp3) is 0.231. The van der Waals surface area contributed by atoms with Crippen molar-refractivity contribution < 1.29 is 4.79 Å². The van der Waals surface area contributed by atoms with Crippen LogP contribution in [0.25, 0.3) is 10.9 Å². The molecule has 4 heteroatoms. The normalized spacial score (nSPS) is 11.9. The number of nitrogens with two attached hydrogens (primary N) is 1. The predicted molar refractivity (Wildman–Crippen MR) is 66.4 cm³/mol. The van der Waals surface area contributed by atoms with E-state index >= 15 is 0 Å². The molecular weight excluding hydrogens is 214 g/mol. The van der Waals surface area contributed by atoms with E-state index in [-0.39, 0.29) is 6.04 Å². The van der Waals surface area contributed by atoms with E-state index < -0.39 is 5.91 Å². The fourth-order valence-electron chi connectivity index (χ4n) is 1.84. The quantitative estimate of drug-likeness (QED) is 0.794. The van der Waals surface area contributed by atoms with Gasteiger partial charge in [0.2, 0.25) is 0 Å². The minimum Gasteiger partial charge on any atom is -0.364 e. The lowest BCUT2D eigenvalue weighted by Crippen LogP contribution is -2.13. The average Bonchev–Trinajstić information content (AvgIpc) is 2.69. The summed E-state index contributed by atoms with van der Waals surface area (Å²) in [6.45, 7) is 3.71. The maximum absolute atomic E-state index is 11.3. The number of para-hydroxylation sites is 1. The van der Waals surface area contributed by atoms with Crippen molar-refractivity contribution in [3.8, 4) is 11.8 Å². The summed E-state index contributed by atoms with van der Waals surface area (Å²) in [5.74, 6) is 5.33. The number of hydrogen-bond acceptors (Lipinski definition) is 2. The summed E-state index contributed by atoms with van der Waals surface area (Å²) in [7, 11) is 0. The third-order valence-corrected chi connectivity index (χ3v) is 2.57. The molecule has 2 rings (SSSR count). The molecule has 1 unspecified atom stereocenters. The van der Waals surface area contributed by atoms with E-state index in [0.29, 0.717) is 5.69 Å². The molecule has 0 bridgehead atoms. The van der Waals surface area contributed by atoms with Crippen LogP contribution in [-0.2, 0) is 0 Å². The molecule has 0 aliphatic rings. The maximum Gasteiger partial charge on any atom is 0.269 e. The Morgan fingerprint density at radius 3 is 2.82 bits per heavy atom. The van der Waals surface area contributed by atoms with Crippen LogP contribution in [0.5, 0.6) is 0 Å². The van der Waals surface area contributed by atoms with Crippen molar-refractivity contribution in [2.45, 2.75) is 19.9 Å². The van der Waals surface area contributed by atoms with Crippen LogP contribution in [0.1, 0.15) is 30.4 Å². The van der Waals surface area contributed by atoms with E-state index in [9.17, 15) is 4.79 Å². The van der Waals surface area contributed by atoms with E-state index in [0.717, 1.165) is 10.9 Å². The average molecular weight is 227 g/mol. The van der Waals surface area contributed by atoms with Crippen LogP contribution in [0.4, 0.5) is 0 Å². The first-order valence-electron chi connectivity index (χ1n) is 5.34. The number of rotatable bonds is 2. The van der Waals surface area contributed by atoms with Gasteiger partial charge in [-0.25, -0.2) is 4.68 Å². The SMILES string of the molecule is CC#CC(C)n1nc(C(N)=O)c2ccccc21. The fourth-order valence-corrected chi connectivity index (χ4v) is 1.84. The maximum atomic E-state index is 11.3. The summed E-state index contributed by atoms with van der Waals surface area (Å²) in [6.07, 6.45) is 0. The number of carbonyl (C=O) groups excluding carboxylic acids is 1. The van der Waals surface area contributed by atoms with E-state index in [1.807, 2.05) is 31.2 Å². The van der Waals surface area contributed by atoms with E-state index in [2.05, 4.69) is 16.9 Å². The van der Waals surface area contributed by atoms with Crippen LogP contribution in [0.15, 0.2) is 24.3 Å². The molecular formula is C13H13N3O. The molecule has 1 aromatic carbocycles. The summed E-state index contributed by atoms with van der Waals surface area (Å²) in [5, 5.41) is 5.02. The zero-order valence-corrected chi connectivity index (χ0v) is 9.77. The molecule has 0 aliphatic heterocycles. The van der Waals surface area contributed by atoms with Crippen molar-refractivity contribution in [2.24, 2.45) is 5.73 Å².